The number of ether oxygens (including phenoxy) is 1. The van der Waals surface area contributed by atoms with Gasteiger partial charge in [0.15, 0.2) is 6.61 Å². The molecule has 0 aliphatic carbocycles. The third kappa shape index (κ3) is 4.27. The van der Waals surface area contributed by atoms with Crippen LogP contribution in [0.4, 0.5) is 0 Å². The third-order valence-corrected chi connectivity index (χ3v) is 3.20. The second-order valence-electron chi connectivity index (χ2n) is 4.29. The van der Waals surface area contributed by atoms with Crippen molar-refractivity contribution in [3.8, 4) is 11.8 Å². The van der Waals surface area contributed by atoms with Gasteiger partial charge in [0.25, 0.3) is 0 Å². The summed E-state index contributed by atoms with van der Waals surface area (Å²) in [5, 5.41) is 12.6. The second-order valence-corrected chi connectivity index (χ2v) is 4.69. The van der Waals surface area contributed by atoms with E-state index in [0.717, 1.165) is 29.2 Å². The van der Waals surface area contributed by atoms with Gasteiger partial charge in [0.2, 0.25) is 0 Å². The molecule has 0 aromatic heterocycles. The fourth-order valence-electron chi connectivity index (χ4n) is 1.80. The van der Waals surface area contributed by atoms with Crippen LogP contribution in [0.3, 0.4) is 0 Å². The van der Waals surface area contributed by atoms with Gasteiger partial charge >= 0.3 is 0 Å². The predicted octanol–water partition coefficient (Wildman–Crippen LogP) is 3.53. The van der Waals surface area contributed by atoms with E-state index in [-0.39, 0.29) is 6.61 Å². The molecule has 20 heavy (non-hydrogen) atoms. The Morgan fingerprint density at radius 3 is 2.50 bits per heavy atom. The first-order valence-corrected chi connectivity index (χ1v) is 6.70. The highest BCUT2D eigenvalue weighted by atomic mass is 35.5. The van der Waals surface area contributed by atoms with Gasteiger partial charge in [-0.1, -0.05) is 41.9 Å². The zero-order chi connectivity index (χ0) is 14.2. The molecule has 2 aromatic carbocycles. The largest absolute Gasteiger partial charge is 0.479 e. The van der Waals surface area contributed by atoms with Crippen LogP contribution >= 0.6 is 11.6 Å². The smallest absolute Gasteiger partial charge is 0.174 e. The van der Waals surface area contributed by atoms with Gasteiger partial charge in [0.05, 0.1) is 0 Å². The lowest BCUT2D eigenvalue weighted by Gasteiger charge is -2.07. The van der Waals surface area contributed by atoms with E-state index >= 15 is 0 Å². The van der Waals surface area contributed by atoms with Gasteiger partial charge in [0, 0.05) is 18.1 Å². The molecule has 0 radical (unpaired) electrons. The lowest BCUT2D eigenvalue weighted by molar-refractivity contribution is 0.368. The lowest BCUT2D eigenvalue weighted by atomic mass is 10.2. The maximum Gasteiger partial charge on any atom is 0.174 e. The summed E-state index contributed by atoms with van der Waals surface area (Å²) in [5.41, 5.74) is 2.24. The summed E-state index contributed by atoms with van der Waals surface area (Å²) in [4.78, 5) is 0. The summed E-state index contributed by atoms with van der Waals surface area (Å²) in [6.07, 6.45) is 0. The van der Waals surface area contributed by atoms with Crippen LogP contribution in [0.2, 0.25) is 5.02 Å². The van der Waals surface area contributed by atoms with Gasteiger partial charge in [-0.3, -0.25) is 0 Å². The van der Waals surface area contributed by atoms with Gasteiger partial charge in [-0.25, -0.2) is 0 Å². The summed E-state index contributed by atoms with van der Waals surface area (Å²) in [5.74, 6) is 0.710. The molecule has 3 nitrogen and oxygen atoms in total. The van der Waals surface area contributed by atoms with Crippen molar-refractivity contribution in [2.75, 3.05) is 6.61 Å². The van der Waals surface area contributed by atoms with E-state index in [1.54, 1.807) is 0 Å². The molecule has 0 saturated heterocycles. The minimum Gasteiger partial charge on any atom is -0.479 e. The molecule has 0 unspecified atom stereocenters. The van der Waals surface area contributed by atoms with E-state index < -0.39 is 0 Å². The van der Waals surface area contributed by atoms with Crippen LogP contribution < -0.4 is 10.1 Å². The van der Waals surface area contributed by atoms with Crippen molar-refractivity contribution >= 4 is 11.6 Å². The molecule has 0 amide bonds. The maximum atomic E-state index is 8.43. The van der Waals surface area contributed by atoms with Crippen LogP contribution in [0, 0.1) is 11.3 Å². The highest BCUT2D eigenvalue weighted by Crippen LogP contribution is 2.15. The molecule has 2 rings (SSSR count). The van der Waals surface area contributed by atoms with Gasteiger partial charge < -0.3 is 10.1 Å². The molecular formula is C16H15ClN2O. The Morgan fingerprint density at radius 1 is 1.05 bits per heavy atom. The van der Waals surface area contributed by atoms with Crippen LogP contribution in [0.1, 0.15) is 11.1 Å². The molecule has 0 aliphatic rings. The average molecular weight is 287 g/mol. The number of nitrogens with one attached hydrogen (secondary N) is 1. The summed E-state index contributed by atoms with van der Waals surface area (Å²) in [7, 11) is 0. The SMILES string of the molecule is N#CCOc1ccc(CNCc2ccccc2Cl)cc1. The third-order valence-electron chi connectivity index (χ3n) is 2.83. The molecule has 0 spiro atoms. The minimum atomic E-state index is 0.0735. The molecule has 0 heterocycles. The Bertz CT molecular complexity index is 590. The molecule has 2 aromatic rings. The highest BCUT2D eigenvalue weighted by Gasteiger charge is 1.99. The monoisotopic (exact) mass is 286 g/mol. The molecule has 0 fully saturated rings. The van der Waals surface area contributed by atoms with E-state index in [4.69, 9.17) is 21.6 Å². The second kappa shape index (κ2) is 7.54. The van der Waals surface area contributed by atoms with E-state index in [0.29, 0.717) is 5.75 Å². The molecule has 0 saturated carbocycles. The van der Waals surface area contributed by atoms with Crippen LogP contribution in [-0.4, -0.2) is 6.61 Å². The molecule has 0 aliphatic heterocycles. The number of rotatable bonds is 6. The lowest BCUT2D eigenvalue weighted by Crippen LogP contribution is -2.12. The van der Waals surface area contributed by atoms with Gasteiger partial charge in [0.1, 0.15) is 11.8 Å². The first-order chi connectivity index (χ1) is 9.79. The molecule has 0 bridgehead atoms. The fourth-order valence-corrected chi connectivity index (χ4v) is 2.00. The van der Waals surface area contributed by atoms with Crippen molar-refractivity contribution in [3.63, 3.8) is 0 Å². The van der Waals surface area contributed by atoms with Crippen LogP contribution in [-0.2, 0) is 13.1 Å². The molecular weight excluding hydrogens is 272 g/mol. The van der Waals surface area contributed by atoms with Crippen LogP contribution in [0.25, 0.3) is 0 Å². The average Bonchev–Trinajstić information content (AvgIpc) is 2.48. The summed E-state index contributed by atoms with van der Waals surface area (Å²) in [6, 6.07) is 17.4. The zero-order valence-electron chi connectivity index (χ0n) is 11.0. The first-order valence-electron chi connectivity index (χ1n) is 6.32. The Kier molecular flexibility index (Phi) is 5.43. The van der Waals surface area contributed by atoms with E-state index in [1.807, 2.05) is 54.6 Å². The van der Waals surface area contributed by atoms with Crippen LogP contribution in [0.5, 0.6) is 5.75 Å². The maximum absolute atomic E-state index is 8.43. The topological polar surface area (TPSA) is 45.0 Å². The molecule has 1 N–H and O–H groups in total. The zero-order valence-corrected chi connectivity index (χ0v) is 11.7. The standard InChI is InChI=1S/C16H15ClN2O/c17-16-4-2-1-3-14(16)12-19-11-13-5-7-15(8-6-13)20-10-9-18/h1-8,19H,10-12H2. The van der Waals surface area contributed by atoms with Gasteiger partial charge in [-0.15, -0.1) is 0 Å². The molecule has 0 atom stereocenters. The summed E-state index contributed by atoms with van der Waals surface area (Å²) < 4.78 is 5.20. The van der Waals surface area contributed by atoms with Crippen molar-refractivity contribution in [1.82, 2.24) is 5.32 Å². The quantitative estimate of drug-likeness (QED) is 0.883. The normalized spacial score (nSPS) is 10.0. The van der Waals surface area contributed by atoms with Crippen molar-refractivity contribution in [2.24, 2.45) is 0 Å². The first kappa shape index (κ1) is 14.4. The van der Waals surface area contributed by atoms with Crippen molar-refractivity contribution in [1.29, 1.82) is 5.26 Å². The Labute approximate surface area is 123 Å². The van der Waals surface area contributed by atoms with E-state index in [9.17, 15) is 0 Å². The number of hydrogen-bond acceptors (Lipinski definition) is 3. The Balaban J connectivity index is 1.82. The predicted molar refractivity (Wildman–Crippen MR) is 79.5 cm³/mol. The van der Waals surface area contributed by atoms with Gasteiger partial charge in [-0.05, 0) is 29.3 Å². The number of nitriles is 1. The minimum absolute atomic E-state index is 0.0735. The number of halogens is 1. The van der Waals surface area contributed by atoms with Crippen molar-refractivity contribution in [2.45, 2.75) is 13.1 Å². The summed E-state index contributed by atoms with van der Waals surface area (Å²) in [6.45, 7) is 1.56. The van der Waals surface area contributed by atoms with Crippen molar-refractivity contribution < 1.29 is 4.74 Å². The Hall–Kier alpha value is -2.02. The number of hydrogen-bond donors (Lipinski definition) is 1. The summed E-state index contributed by atoms with van der Waals surface area (Å²) >= 11 is 6.09. The van der Waals surface area contributed by atoms with Crippen molar-refractivity contribution in [3.05, 3.63) is 64.7 Å². The van der Waals surface area contributed by atoms with Crippen LogP contribution in [0.15, 0.2) is 48.5 Å². The number of benzene rings is 2. The Morgan fingerprint density at radius 2 is 1.80 bits per heavy atom. The molecule has 4 heteroatoms. The van der Waals surface area contributed by atoms with E-state index in [2.05, 4.69) is 5.32 Å². The highest BCUT2D eigenvalue weighted by molar-refractivity contribution is 6.31. The van der Waals surface area contributed by atoms with E-state index in [1.165, 1.54) is 0 Å². The fraction of sp³-hybridized carbons (Fsp3) is 0.188. The molecule has 102 valence electrons. The van der Waals surface area contributed by atoms with Gasteiger partial charge in [-0.2, -0.15) is 5.26 Å². The number of nitrogens with zero attached hydrogens (tertiary/aromatic N) is 1.